The van der Waals surface area contributed by atoms with Crippen molar-refractivity contribution in [2.45, 2.75) is 38.1 Å². The van der Waals surface area contributed by atoms with Crippen LogP contribution in [0.2, 0.25) is 0 Å². The molecule has 5 heteroatoms. The molecular formula is C12H16N2O2S. The molecule has 1 aromatic rings. The Balaban J connectivity index is 1.78. The molecule has 1 aromatic heterocycles. The molecule has 92 valence electrons. The summed E-state index contributed by atoms with van der Waals surface area (Å²) in [5.74, 6) is -0.0268. The normalized spacial score (nSPS) is 16.5. The molecule has 0 aromatic carbocycles. The first kappa shape index (κ1) is 12.1. The smallest absolute Gasteiger partial charge is 0.293 e. The quantitative estimate of drug-likeness (QED) is 0.792. The topological polar surface area (TPSA) is 54.3 Å². The molecule has 0 saturated heterocycles. The summed E-state index contributed by atoms with van der Waals surface area (Å²) in [6.07, 6.45) is 7.46. The van der Waals surface area contributed by atoms with Crippen LogP contribution in [-0.2, 0) is 0 Å². The maximum absolute atomic E-state index is 11.6. The lowest BCUT2D eigenvalue weighted by Gasteiger charge is -2.23. The lowest BCUT2D eigenvalue weighted by molar-refractivity contribution is 0.0949. The van der Waals surface area contributed by atoms with Crippen molar-refractivity contribution in [1.29, 1.82) is 0 Å². The first-order chi connectivity index (χ1) is 8.25. The highest BCUT2D eigenvalue weighted by atomic mass is 32.1. The van der Waals surface area contributed by atoms with Crippen molar-refractivity contribution >= 4 is 23.2 Å². The lowest BCUT2D eigenvalue weighted by Crippen LogP contribution is -2.44. The predicted octanol–water partition coefficient (Wildman–Crippen LogP) is 2.22. The molecule has 1 amide bonds. The van der Waals surface area contributed by atoms with Gasteiger partial charge >= 0.3 is 0 Å². The Labute approximate surface area is 106 Å². The number of hydrogen-bond acceptors (Lipinski definition) is 3. The van der Waals surface area contributed by atoms with Gasteiger partial charge in [-0.2, -0.15) is 0 Å². The summed E-state index contributed by atoms with van der Waals surface area (Å²) >= 11 is 5.10. The van der Waals surface area contributed by atoms with Gasteiger partial charge in [-0.15, -0.1) is 0 Å². The van der Waals surface area contributed by atoms with Gasteiger partial charge in [0.05, 0.1) is 6.26 Å². The molecule has 1 heterocycles. The van der Waals surface area contributed by atoms with Gasteiger partial charge < -0.3 is 9.73 Å². The molecule has 0 radical (unpaired) electrons. The fourth-order valence-corrected chi connectivity index (χ4v) is 2.30. The fraction of sp³-hybridized carbons (Fsp3) is 0.500. The standard InChI is InChI=1S/C12H16N2O2S/c15-11(10-7-4-8-16-10)14-12(17)13-9-5-2-1-3-6-9/h4,7-9H,1-3,5-6H2,(H2,13,14,15,17). The van der Waals surface area contributed by atoms with Gasteiger partial charge in [0.1, 0.15) is 0 Å². The van der Waals surface area contributed by atoms with Gasteiger partial charge in [0.15, 0.2) is 10.9 Å². The maximum atomic E-state index is 11.6. The number of furan rings is 1. The summed E-state index contributed by atoms with van der Waals surface area (Å²) in [7, 11) is 0. The zero-order valence-corrected chi connectivity index (χ0v) is 10.4. The molecule has 2 N–H and O–H groups in total. The third kappa shape index (κ3) is 3.56. The second-order valence-corrected chi connectivity index (χ2v) is 4.65. The van der Waals surface area contributed by atoms with Crippen LogP contribution in [0.1, 0.15) is 42.7 Å². The Hall–Kier alpha value is -1.36. The van der Waals surface area contributed by atoms with E-state index in [0.29, 0.717) is 11.2 Å². The first-order valence-corrected chi connectivity index (χ1v) is 6.32. The van der Waals surface area contributed by atoms with Crippen LogP contribution in [0.4, 0.5) is 0 Å². The molecule has 0 bridgehead atoms. The van der Waals surface area contributed by atoms with Gasteiger partial charge in [-0.1, -0.05) is 19.3 Å². The molecule has 4 nitrogen and oxygen atoms in total. The minimum absolute atomic E-state index is 0.276. The molecule has 0 unspecified atom stereocenters. The minimum atomic E-state index is -0.302. The van der Waals surface area contributed by atoms with Crippen molar-refractivity contribution in [2.24, 2.45) is 0 Å². The second-order valence-electron chi connectivity index (χ2n) is 4.24. The van der Waals surface area contributed by atoms with E-state index in [-0.39, 0.29) is 11.7 Å². The van der Waals surface area contributed by atoms with Gasteiger partial charge in [-0.25, -0.2) is 0 Å². The highest BCUT2D eigenvalue weighted by molar-refractivity contribution is 7.80. The number of nitrogens with one attached hydrogen (secondary N) is 2. The summed E-state index contributed by atoms with van der Waals surface area (Å²) in [6.45, 7) is 0. The molecule has 0 aliphatic heterocycles. The molecule has 1 fully saturated rings. The van der Waals surface area contributed by atoms with Gasteiger partial charge in [-0.3, -0.25) is 10.1 Å². The van der Waals surface area contributed by atoms with Crippen molar-refractivity contribution in [2.75, 3.05) is 0 Å². The van der Waals surface area contributed by atoms with Crippen molar-refractivity contribution in [1.82, 2.24) is 10.6 Å². The number of hydrogen-bond donors (Lipinski definition) is 2. The summed E-state index contributed by atoms with van der Waals surface area (Å²) in [4.78, 5) is 11.6. The van der Waals surface area contributed by atoms with E-state index in [9.17, 15) is 4.79 Å². The average molecular weight is 252 g/mol. The third-order valence-corrected chi connectivity index (χ3v) is 3.13. The molecule has 0 atom stereocenters. The Morgan fingerprint density at radius 3 is 2.76 bits per heavy atom. The summed E-state index contributed by atoms with van der Waals surface area (Å²) < 4.78 is 4.99. The number of thiocarbonyl (C=S) groups is 1. The number of amides is 1. The van der Waals surface area contributed by atoms with Gasteiger partial charge in [0.2, 0.25) is 0 Å². The fourth-order valence-electron chi connectivity index (χ4n) is 2.04. The SMILES string of the molecule is O=C(NC(=S)NC1CCCCC1)c1ccco1. The van der Waals surface area contributed by atoms with E-state index < -0.39 is 0 Å². The van der Waals surface area contributed by atoms with Crippen LogP contribution in [0, 0.1) is 0 Å². The van der Waals surface area contributed by atoms with Crippen LogP contribution in [0.25, 0.3) is 0 Å². The van der Waals surface area contributed by atoms with Crippen molar-refractivity contribution < 1.29 is 9.21 Å². The van der Waals surface area contributed by atoms with Crippen LogP contribution >= 0.6 is 12.2 Å². The van der Waals surface area contributed by atoms with E-state index in [4.69, 9.17) is 16.6 Å². The number of carbonyl (C=O) groups is 1. The van der Waals surface area contributed by atoms with Crippen molar-refractivity contribution in [3.8, 4) is 0 Å². The Bertz CT molecular complexity index is 383. The highest BCUT2D eigenvalue weighted by Crippen LogP contribution is 2.17. The number of rotatable bonds is 2. The van der Waals surface area contributed by atoms with Crippen LogP contribution in [0.5, 0.6) is 0 Å². The van der Waals surface area contributed by atoms with Crippen LogP contribution in [0.3, 0.4) is 0 Å². The van der Waals surface area contributed by atoms with E-state index in [1.807, 2.05) is 0 Å². The molecule has 1 aliphatic carbocycles. The monoisotopic (exact) mass is 252 g/mol. The van der Waals surface area contributed by atoms with E-state index in [1.165, 1.54) is 25.5 Å². The Kier molecular flexibility index (Phi) is 4.14. The van der Waals surface area contributed by atoms with E-state index in [0.717, 1.165) is 12.8 Å². The Morgan fingerprint density at radius 2 is 2.12 bits per heavy atom. The molecule has 0 spiro atoms. The van der Waals surface area contributed by atoms with E-state index in [2.05, 4.69) is 10.6 Å². The minimum Gasteiger partial charge on any atom is -0.459 e. The second kappa shape index (κ2) is 5.82. The zero-order chi connectivity index (χ0) is 12.1. The van der Waals surface area contributed by atoms with Gasteiger partial charge in [0.25, 0.3) is 5.91 Å². The molecule has 1 aliphatic rings. The van der Waals surface area contributed by atoms with Gasteiger partial charge in [0, 0.05) is 6.04 Å². The first-order valence-electron chi connectivity index (χ1n) is 5.91. The van der Waals surface area contributed by atoms with E-state index >= 15 is 0 Å². The molecule has 2 rings (SSSR count). The van der Waals surface area contributed by atoms with Gasteiger partial charge in [-0.05, 0) is 37.2 Å². The number of carbonyl (C=O) groups excluding carboxylic acids is 1. The summed E-state index contributed by atoms with van der Waals surface area (Å²) in [5, 5.41) is 6.17. The zero-order valence-electron chi connectivity index (χ0n) is 9.57. The lowest BCUT2D eigenvalue weighted by atomic mass is 9.96. The largest absolute Gasteiger partial charge is 0.459 e. The van der Waals surface area contributed by atoms with Crippen LogP contribution in [-0.4, -0.2) is 17.1 Å². The summed E-state index contributed by atoms with van der Waals surface area (Å²) in [5.41, 5.74) is 0. The highest BCUT2D eigenvalue weighted by Gasteiger charge is 2.16. The predicted molar refractivity (Wildman–Crippen MR) is 68.8 cm³/mol. The molecular weight excluding hydrogens is 236 g/mol. The average Bonchev–Trinajstić information content (AvgIpc) is 2.83. The summed E-state index contributed by atoms with van der Waals surface area (Å²) in [6, 6.07) is 3.68. The molecule has 17 heavy (non-hydrogen) atoms. The van der Waals surface area contributed by atoms with Crippen molar-refractivity contribution in [3.63, 3.8) is 0 Å². The third-order valence-electron chi connectivity index (χ3n) is 2.91. The van der Waals surface area contributed by atoms with Crippen LogP contribution < -0.4 is 10.6 Å². The van der Waals surface area contributed by atoms with Crippen LogP contribution in [0.15, 0.2) is 22.8 Å². The van der Waals surface area contributed by atoms with E-state index in [1.54, 1.807) is 12.1 Å². The molecule has 1 saturated carbocycles. The maximum Gasteiger partial charge on any atom is 0.293 e. The Morgan fingerprint density at radius 1 is 1.35 bits per heavy atom. The van der Waals surface area contributed by atoms with Crippen molar-refractivity contribution in [3.05, 3.63) is 24.2 Å².